The smallest absolute Gasteiger partial charge is 0.335 e. The highest BCUT2D eigenvalue weighted by Crippen LogP contribution is 2.43. The van der Waals surface area contributed by atoms with Crippen molar-refractivity contribution in [2.24, 2.45) is 0 Å². The highest BCUT2D eigenvalue weighted by molar-refractivity contribution is 5.85. The van der Waals surface area contributed by atoms with E-state index in [9.17, 15) is 0 Å². The third-order valence-electron chi connectivity index (χ3n) is 5.37. The van der Waals surface area contributed by atoms with Gasteiger partial charge in [-0.25, -0.2) is 0 Å². The molecule has 2 aromatic heterocycles. The predicted octanol–water partition coefficient (Wildman–Crippen LogP) is 2.49. The van der Waals surface area contributed by atoms with Crippen molar-refractivity contribution >= 4 is 30.1 Å². The summed E-state index contributed by atoms with van der Waals surface area (Å²) >= 11 is 0. The predicted molar refractivity (Wildman–Crippen MR) is 110 cm³/mol. The fourth-order valence-electron chi connectivity index (χ4n) is 4.10. The first-order valence-electron chi connectivity index (χ1n) is 9.23. The van der Waals surface area contributed by atoms with Gasteiger partial charge in [0.15, 0.2) is 17.7 Å². The second-order valence-electron chi connectivity index (χ2n) is 6.84. The summed E-state index contributed by atoms with van der Waals surface area (Å²) in [5.41, 5.74) is 3.40. The molecule has 0 spiro atoms. The van der Waals surface area contributed by atoms with Crippen molar-refractivity contribution in [2.75, 3.05) is 19.5 Å². The monoisotopic (exact) mass is 413 g/mol. The Kier molecular flexibility index (Phi) is 5.04. The van der Waals surface area contributed by atoms with Gasteiger partial charge in [0.05, 0.1) is 43.7 Å². The number of quaternary nitrogens is 1. The number of furan rings is 1. The molecule has 3 aliphatic rings. The van der Waals surface area contributed by atoms with Crippen molar-refractivity contribution in [1.82, 2.24) is 10.2 Å². The van der Waals surface area contributed by atoms with Gasteiger partial charge < -0.3 is 14.5 Å². The Morgan fingerprint density at radius 3 is 2.97 bits per heavy atom. The van der Waals surface area contributed by atoms with Crippen LogP contribution >= 0.6 is 12.4 Å². The van der Waals surface area contributed by atoms with E-state index in [1.165, 1.54) is 5.57 Å². The molecule has 1 aliphatic carbocycles. The zero-order valence-electron chi connectivity index (χ0n) is 16.2. The molecule has 29 heavy (non-hydrogen) atoms. The third-order valence-corrected chi connectivity index (χ3v) is 5.37. The normalized spacial score (nSPS) is 21.4. The van der Waals surface area contributed by atoms with Gasteiger partial charge in [0.2, 0.25) is 0 Å². The average Bonchev–Trinajstić information content (AvgIpc) is 3.37. The fraction of sp³-hybridized carbons (Fsp3) is 0.238. The number of ether oxygens (including phenoxy) is 1. The average molecular weight is 414 g/mol. The lowest BCUT2D eigenvalue weighted by Gasteiger charge is -2.34. The van der Waals surface area contributed by atoms with Gasteiger partial charge in [-0.1, -0.05) is 16.8 Å². The van der Waals surface area contributed by atoms with E-state index in [0.717, 1.165) is 46.2 Å². The molecule has 5 rings (SSSR count). The van der Waals surface area contributed by atoms with E-state index in [-0.39, 0.29) is 17.1 Å². The van der Waals surface area contributed by atoms with E-state index in [1.807, 2.05) is 18.3 Å². The van der Waals surface area contributed by atoms with E-state index in [1.54, 1.807) is 26.7 Å². The molecule has 1 atom stereocenters. The fourth-order valence-corrected chi connectivity index (χ4v) is 4.10. The first-order chi connectivity index (χ1) is 13.8. The van der Waals surface area contributed by atoms with Crippen LogP contribution in [-0.4, -0.2) is 29.1 Å². The minimum atomic E-state index is 0. The molecule has 0 amide bonds. The largest absolute Gasteiger partial charge is 0.467 e. The van der Waals surface area contributed by atoms with Crippen LogP contribution in [0.5, 0.6) is 0 Å². The van der Waals surface area contributed by atoms with Crippen LogP contribution in [0, 0.1) is 0 Å². The molecule has 2 aliphatic heterocycles. The Labute approximate surface area is 174 Å². The number of nitrogens with zero attached hydrogens (tertiary/aromatic N) is 3. The van der Waals surface area contributed by atoms with Crippen LogP contribution in [0.4, 0.5) is 5.82 Å². The summed E-state index contributed by atoms with van der Waals surface area (Å²) in [5.74, 6) is 2.25. The van der Waals surface area contributed by atoms with E-state index in [4.69, 9.17) is 14.0 Å². The number of hydroxylamine groups is 3. The minimum Gasteiger partial charge on any atom is -0.467 e. The molecule has 7 nitrogen and oxygen atoms in total. The molecule has 1 N–H and O–H groups in total. The Morgan fingerprint density at radius 2 is 2.21 bits per heavy atom. The van der Waals surface area contributed by atoms with E-state index in [0.29, 0.717) is 12.4 Å². The van der Waals surface area contributed by atoms with E-state index >= 15 is 0 Å². The van der Waals surface area contributed by atoms with Gasteiger partial charge in [-0.3, -0.25) is 0 Å². The molecule has 8 heteroatoms. The Bertz CT molecular complexity index is 1150. The lowest BCUT2D eigenvalue weighted by molar-refractivity contribution is -0.962. The second kappa shape index (κ2) is 7.51. The molecule has 0 radical (unpaired) electrons. The summed E-state index contributed by atoms with van der Waals surface area (Å²) in [6, 6.07) is 3.80. The highest BCUT2D eigenvalue weighted by atomic mass is 35.5. The van der Waals surface area contributed by atoms with Crippen LogP contribution in [0.3, 0.4) is 0 Å². The maximum atomic E-state index is 6.02. The third kappa shape index (κ3) is 2.90. The zero-order valence-corrected chi connectivity index (χ0v) is 17.0. The van der Waals surface area contributed by atoms with Crippen LogP contribution in [0.1, 0.15) is 18.6 Å². The number of hydrogen-bond donors (Lipinski definition) is 1. The second-order valence-corrected chi connectivity index (χ2v) is 6.84. The number of halogens is 1. The summed E-state index contributed by atoms with van der Waals surface area (Å²) in [4.78, 5) is 6.02. The lowest BCUT2D eigenvalue weighted by atomic mass is 9.91. The number of anilines is 1. The molecule has 1 unspecified atom stereocenters. The SMILES string of the molecule is COC1=CC2=C(C=CCC2)C2=c3c(NCc4ccco4)nncc3=C[N+]12OC.Cl. The van der Waals surface area contributed by atoms with Crippen molar-refractivity contribution in [1.29, 1.82) is 0 Å². The molecule has 0 bridgehead atoms. The first-order valence-corrected chi connectivity index (χ1v) is 9.23. The van der Waals surface area contributed by atoms with Gasteiger partial charge in [0.1, 0.15) is 5.76 Å². The van der Waals surface area contributed by atoms with Crippen LogP contribution in [0.2, 0.25) is 0 Å². The lowest BCUT2D eigenvalue weighted by Crippen LogP contribution is -2.42. The Morgan fingerprint density at radius 1 is 1.31 bits per heavy atom. The molecule has 0 saturated carbocycles. The number of allylic oxidation sites excluding steroid dienone is 3. The van der Waals surface area contributed by atoms with Gasteiger partial charge in [0.25, 0.3) is 0 Å². The number of nitrogens with one attached hydrogen (secondary N) is 1. The van der Waals surface area contributed by atoms with Crippen LogP contribution in [-0.2, 0) is 16.1 Å². The summed E-state index contributed by atoms with van der Waals surface area (Å²) < 4.78 is 11.3. The number of hydrogen-bond acceptors (Lipinski definition) is 6. The van der Waals surface area contributed by atoms with Crippen LogP contribution in [0.25, 0.3) is 11.9 Å². The van der Waals surface area contributed by atoms with Crippen LogP contribution in [0.15, 0.2) is 64.3 Å². The summed E-state index contributed by atoms with van der Waals surface area (Å²) in [7, 11) is 3.36. The van der Waals surface area contributed by atoms with Crippen molar-refractivity contribution in [3.63, 3.8) is 0 Å². The molecular weight excluding hydrogens is 392 g/mol. The van der Waals surface area contributed by atoms with Crippen LogP contribution < -0.4 is 15.8 Å². The van der Waals surface area contributed by atoms with Crippen molar-refractivity contribution in [3.05, 3.63) is 76.0 Å². The van der Waals surface area contributed by atoms with Gasteiger partial charge in [-0.2, -0.15) is 9.94 Å². The van der Waals surface area contributed by atoms with Gasteiger partial charge in [-0.05, 0) is 30.5 Å². The molecule has 150 valence electrons. The molecule has 4 heterocycles. The minimum absolute atomic E-state index is 0. The van der Waals surface area contributed by atoms with Gasteiger partial charge >= 0.3 is 5.88 Å². The van der Waals surface area contributed by atoms with Gasteiger partial charge in [0, 0.05) is 11.6 Å². The maximum Gasteiger partial charge on any atom is 0.335 e. The van der Waals surface area contributed by atoms with E-state index < -0.39 is 0 Å². The highest BCUT2D eigenvalue weighted by Gasteiger charge is 2.49. The quantitative estimate of drug-likeness (QED) is 0.759. The molecule has 2 aromatic rings. The number of rotatable bonds is 5. The summed E-state index contributed by atoms with van der Waals surface area (Å²) in [5, 5.41) is 13.9. The van der Waals surface area contributed by atoms with Gasteiger partial charge in [-0.15, -0.1) is 17.5 Å². The summed E-state index contributed by atoms with van der Waals surface area (Å²) in [6.07, 6.45) is 13.9. The van der Waals surface area contributed by atoms with Crippen molar-refractivity contribution < 1.29 is 18.6 Å². The topological polar surface area (TPSA) is 69.4 Å². The maximum absolute atomic E-state index is 6.02. The zero-order chi connectivity index (χ0) is 19.1. The van der Waals surface area contributed by atoms with E-state index in [2.05, 4.69) is 33.7 Å². The molecular formula is C21H22ClN4O3+. The Balaban J connectivity index is 0.00000205. The standard InChI is InChI=1S/C21H21N4O3.ClH/c1-26-18-10-14-6-3-4-8-17(14)20-19-15(13-25(18,20)27-2)11-23-24-21(19)22-12-16-7-5-9-28-16;/h4-5,7-11,13H,3,6,12H2,1-2H3,(H,22,24);1H/q+1;. The first kappa shape index (κ1) is 19.4. The molecule has 0 fully saturated rings. The molecule has 0 aromatic carbocycles. The van der Waals surface area contributed by atoms with Crippen molar-refractivity contribution in [2.45, 2.75) is 19.4 Å². The summed E-state index contributed by atoms with van der Waals surface area (Å²) in [6.45, 7) is 0.521. The molecule has 0 saturated heterocycles. The number of fused-ring (bicyclic) bond motifs is 3. The number of methoxy groups -OCH3 is 1. The van der Waals surface area contributed by atoms with Crippen molar-refractivity contribution in [3.8, 4) is 0 Å². The Hall–Kier alpha value is -2.87. The number of aromatic nitrogens is 2.